The maximum absolute atomic E-state index is 12.0. The number of amides is 1. The number of hydrogen-bond donors (Lipinski definition) is 1. The fraction of sp³-hybridized carbons (Fsp3) is 0. The molecule has 0 aliphatic heterocycles. The molecule has 26 heavy (non-hydrogen) atoms. The SMILES string of the molecule is O=C(NN=Cc1ccc(-c2ccc(Br)cc2)o1)c1cccc([N+](=O)[O-])c1. The van der Waals surface area contributed by atoms with Gasteiger partial charge >= 0.3 is 0 Å². The molecule has 7 nitrogen and oxygen atoms in total. The highest BCUT2D eigenvalue weighted by Crippen LogP contribution is 2.23. The van der Waals surface area contributed by atoms with Gasteiger partial charge in [0.2, 0.25) is 0 Å². The first kappa shape index (κ1) is 17.6. The van der Waals surface area contributed by atoms with Gasteiger partial charge in [-0.3, -0.25) is 14.9 Å². The predicted octanol–water partition coefficient (Wildman–Crippen LogP) is 4.38. The van der Waals surface area contributed by atoms with E-state index < -0.39 is 10.8 Å². The van der Waals surface area contributed by atoms with Crippen molar-refractivity contribution < 1.29 is 14.1 Å². The van der Waals surface area contributed by atoms with Gasteiger partial charge in [0, 0.05) is 27.7 Å². The molecule has 1 aromatic heterocycles. The molecular formula is C18H12BrN3O4. The van der Waals surface area contributed by atoms with Crippen LogP contribution in [-0.4, -0.2) is 17.0 Å². The lowest BCUT2D eigenvalue weighted by Gasteiger charge is -1.99. The Kier molecular flexibility index (Phi) is 5.23. The van der Waals surface area contributed by atoms with Crippen LogP contribution < -0.4 is 5.43 Å². The number of non-ortho nitro benzene ring substituents is 1. The molecule has 2 aromatic carbocycles. The quantitative estimate of drug-likeness (QED) is 0.381. The first-order valence-electron chi connectivity index (χ1n) is 7.46. The van der Waals surface area contributed by atoms with Gasteiger partial charge in [0.15, 0.2) is 0 Å². The summed E-state index contributed by atoms with van der Waals surface area (Å²) in [6.45, 7) is 0. The van der Waals surface area contributed by atoms with Gasteiger partial charge in [-0.2, -0.15) is 5.10 Å². The highest BCUT2D eigenvalue weighted by Gasteiger charge is 2.10. The molecule has 0 saturated carbocycles. The second kappa shape index (κ2) is 7.75. The van der Waals surface area contributed by atoms with Gasteiger partial charge in [0.25, 0.3) is 11.6 Å². The molecule has 1 amide bonds. The maximum Gasteiger partial charge on any atom is 0.271 e. The molecule has 0 spiro atoms. The smallest absolute Gasteiger partial charge is 0.271 e. The van der Waals surface area contributed by atoms with Crippen LogP contribution in [-0.2, 0) is 0 Å². The fourth-order valence-electron chi connectivity index (χ4n) is 2.17. The number of hydrazone groups is 1. The van der Waals surface area contributed by atoms with Crippen molar-refractivity contribution in [2.75, 3.05) is 0 Å². The van der Waals surface area contributed by atoms with Gasteiger partial charge in [-0.1, -0.05) is 34.1 Å². The predicted molar refractivity (Wildman–Crippen MR) is 100 cm³/mol. The van der Waals surface area contributed by atoms with Crippen molar-refractivity contribution in [3.05, 3.63) is 86.6 Å². The van der Waals surface area contributed by atoms with Gasteiger partial charge in [0.1, 0.15) is 11.5 Å². The molecule has 0 saturated heterocycles. The number of rotatable bonds is 5. The van der Waals surface area contributed by atoms with E-state index in [0.29, 0.717) is 11.5 Å². The summed E-state index contributed by atoms with van der Waals surface area (Å²) in [5, 5.41) is 14.6. The second-order valence-corrected chi connectivity index (χ2v) is 6.13. The molecule has 0 aliphatic carbocycles. The maximum atomic E-state index is 12.0. The van der Waals surface area contributed by atoms with E-state index in [2.05, 4.69) is 26.5 Å². The first-order valence-corrected chi connectivity index (χ1v) is 8.26. The highest BCUT2D eigenvalue weighted by molar-refractivity contribution is 9.10. The number of nitro groups is 1. The molecule has 0 aliphatic rings. The lowest BCUT2D eigenvalue weighted by atomic mass is 10.2. The molecule has 0 radical (unpaired) electrons. The largest absolute Gasteiger partial charge is 0.455 e. The molecule has 1 heterocycles. The van der Waals surface area contributed by atoms with Crippen molar-refractivity contribution in [2.45, 2.75) is 0 Å². The summed E-state index contributed by atoms with van der Waals surface area (Å²) in [4.78, 5) is 22.2. The molecule has 0 unspecified atom stereocenters. The minimum Gasteiger partial charge on any atom is -0.455 e. The van der Waals surface area contributed by atoms with Gasteiger partial charge in [-0.05, 0) is 30.3 Å². The summed E-state index contributed by atoms with van der Waals surface area (Å²) in [5.41, 5.74) is 3.21. The van der Waals surface area contributed by atoms with Crippen LogP contribution in [0.4, 0.5) is 5.69 Å². The number of nitro benzene ring substituents is 1. The van der Waals surface area contributed by atoms with Crippen LogP contribution in [0.25, 0.3) is 11.3 Å². The molecule has 3 rings (SSSR count). The van der Waals surface area contributed by atoms with E-state index in [0.717, 1.165) is 10.0 Å². The van der Waals surface area contributed by atoms with Gasteiger partial charge in [-0.25, -0.2) is 5.43 Å². The Morgan fingerprint density at radius 3 is 2.65 bits per heavy atom. The third-order valence-electron chi connectivity index (χ3n) is 3.43. The van der Waals surface area contributed by atoms with Gasteiger partial charge < -0.3 is 4.42 Å². The Hall–Kier alpha value is -3.26. The lowest BCUT2D eigenvalue weighted by molar-refractivity contribution is -0.384. The topological polar surface area (TPSA) is 97.7 Å². The number of carbonyl (C=O) groups is 1. The molecule has 0 fully saturated rings. The third kappa shape index (κ3) is 4.22. The minimum atomic E-state index is -0.563. The first-order chi connectivity index (χ1) is 12.5. The van der Waals surface area contributed by atoms with E-state index in [1.54, 1.807) is 12.1 Å². The summed E-state index contributed by atoms with van der Waals surface area (Å²) in [6, 6.07) is 16.6. The number of furan rings is 1. The normalized spacial score (nSPS) is 10.8. The Morgan fingerprint density at radius 1 is 1.15 bits per heavy atom. The molecule has 8 heteroatoms. The van der Waals surface area contributed by atoms with E-state index in [4.69, 9.17) is 4.42 Å². The molecule has 3 aromatic rings. The number of halogens is 1. The number of nitrogens with one attached hydrogen (secondary N) is 1. The van der Waals surface area contributed by atoms with E-state index in [1.807, 2.05) is 24.3 Å². The van der Waals surface area contributed by atoms with Crippen LogP contribution in [0, 0.1) is 10.1 Å². The van der Waals surface area contributed by atoms with Crippen LogP contribution in [0.3, 0.4) is 0 Å². The molecule has 1 N–H and O–H groups in total. The summed E-state index contributed by atoms with van der Waals surface area (Å²) in [7, 11) is 0. The monoisotopic (exact) mass is 413 g/mol. The zero-order valence-electron chi connectivity index (χ0n) is 13.3. The Morgan fingerprint density at radius 2 is 1.92 bits per heavy atom. The van der Waals surface area contributed by atoms with Gasteiger partial charge in [-0.15, -0.1) is 0 Å². The number of hydrogen-bond acceptors (Lipinski definition) is 5. The van der Waals surface area contributed by atoms with Crippen molar-refractivity contribution in [3.63, 3.8) is 0 Å². The van der Waals surface area contributed by atoms with Gasteiger partial charge in [0.05, 0.1) is 11.1 Å². The number of carbonyl (C=O) groups excluding carboxylic acids is 1. The number of nitrogens with zero attached hydrogens (tertiary/aromatic N) is 2. The van der Waals surface area contributed by atoms with Crippen LogP contribution in [0.2, 0.25) is 0 Å². The summed E-state index contributed by atoms with van der Waals surface area (Å²) in [5.74, 6) is 0.580. The second-order valence-electron chi connectivity index (χ2n) is 5.22. The zero-order valence-corrected chi connectivity index (χ0v) is 14.8. The van der Waals surface area contributed by atoms with Crippen LogP contribution in [0.15, 0.2) is 74.7 Å². The van der Waals surface area contributed by atoms with E-state index in [-0.39, 0.29) is 11.3 Å². The Labute approximate surface area is 156 Å². The molecular weight excluding hydrogens is 402 g/mol. The Bertz CT molecular complexity index is 980. The van der Waals surface area contributed by atoms with Crippen molar-refractivity contribution in [1.29, 1.82) is 0 Å². The van der Waals surface area contributed by atoms with E-state index >= 15 is 0 Å². The van der Waals surface area contributed by atoms with Crippen molar-refractivity contribution in [1.82, 2.24) is 5.43 Å². The number of benzene rings is 2. The van der Waals surface area contributed by atoms with E-state index in [9.17, 15) is 14.9 Å². The summed E-state index contributed by atoms with van der Waals surface area (Å²) >= 11 is 3.37. The zero-order chi connectivity index (χ0) is 18.5. The third-order valence-corrected chi connectivity index (χ3v) is 3.96. The van der Waals surface area contributed by atoms with E-state index in [1.165, 1.54) is 30.5 Å². The fourth-order valence-corrected chi connectivity index (χ4v) is 2.44. The average Bonchev–Trinajstić information content (AvgIpc) is 3.11. The summed E-state index contributed by atoms with van der Waals surface area (Å²) in [6.07, 6.45) is 1.36. The Balaban J connectivity index is 1.65. The van der Waals surface area contributed by atoms with Crippen LogP contribution in [0.5, 0.6) is 0 Å². The van der Waals surface area contributed by atoms with Crippen molar-refractivity contribution >= 4 is 33.7 Å². The average molecular weight is 414 g/mol. The lowest BCUT2D eigenvalue weighted by Crippen LogP contribution is -2.17. The molecule has 0 bridgehead atoms. The standard InChI is InChI=1S/C18H12BrN3O4/c19-14-6-4-12(5-7-14)17-9-8-16(26-17)11-20-21-18(23)13-2-1-3-15(10-13)22(24)25/h1-11H,(H,21,23). The highest BCUT2D eigenvalue weighted by atomic mass is 79.9. The van der Waals surface area contributed by atoms with Crippen LogP contribution in [0.1, 0.15) is 16.1 Å². The summed E-state index contributed by atoms with van der Waals surface area (Å²) < 4.78 is 6.61. The molecule has 130 valence electrons. The molecule has 0 atom stereocenters. The van der Waals surface area contributed by atoms with Crippen molar-refractivity contribution in [2.24, 2.45) is 5.10 Å². The van der Waals surface area contributed by atoms with Crippen molar-refractivity contribution in [3.8, 4) is 11.3 Å². The minimum absolute atomic E-state index is 0.145. The van der Waals surface area contributed by atoms with Crippen LogP contribution >= 0.6 is 15.9 Å².